The maximum absolute atomic E-state index is 13.1. The fourth-order valence-electron chi connectivity index (χ4n) is 2.91. The molecule has 0 spiro atoms. The highest BCUT2D eigenvalue weighted by Gasteiger charge is 2.20. The molecule has 0 heterocycles. The van der Waals surface area contributed by atoms with Gasteiger partial charge in [0.05, 0.1) is 5.69 Å². The second-order valence-corrected chi connectivity index (χ2v) is 9.67. The van der Waals surface area contributed by atoms with Crippen LogP contribution in [0.2, 0.25) is 0 Å². The highest BCUT2D eigenvalue weighted by molar-refractivity contribution is 9.10. The van der Waals surface area contributed by atoms with Crippen molar-refractivity contribution in [2.75, 3.05) is 5.32 Å². The van der Waals surface area contributed by atoms with Crippen LogP contribution in [0.15, 0.2) is 82.2 Å². The summed E-state index contributed by atoms with van der Waals surface area (Å²) in [6.45, 7) is 4.01. The molecule has 3 rings (SSSR count). The molecule has 0 aliphatic carbocycles. The first-order valence-corrected chi connectivity index (χ1v) is 12.0. The van der Waals surface area contributed by atoms with Crippen molar-refractivity contribution in [3.05, 3.63) is 88.6 Å². The lowest BCUT2D eigenvalue weighted by Crippen LogP contribution is -2.39. The van der Waals surface area contributed by atoms with Gasteiger partial charge in [-0.25, -0.2) is 9.18 Å². The van der Waals surface area contributed by atoms with Crippen molar-refractivity contribution in [3.8, 4) is 5.75 Å². The largest absolute Gasteiger partial charge is 0.379 e. The smallest absolute Gasteiger partial charge is 0.339 e. The van der Waals surface area contributed by atoms with Crippen LogP contribution in [0.25, 0.3) is 0 Å². The number of hydrogen-bond donors (Lipinski definition) is 1. The summed E-state index contributed by atoms with van der Waals surface area (Å²) >= 11 is 3.41. The van der Waals surface area contributed by atoms with Gasteiger partial charge in [-0.1, -0.05) is 24.3 Å². The minimum atomic E-state index is -4.12. The van der Waals surface area contributed by atoms with Crippen LogP contribution in [0.1, 0.15) is 19.4 Å². The number of nitrogens with zero attached hydrogens (tertiary/aromatic N) is 1. The van der Waals surface area contributed by atoms with E-state index in [2.05, 4.69) is 21.2 Å². The molecular weight excluding hydrogens is 499 g/mol. The van der Waals surface area contributed by atoms with Crippen molar-refractivity contribution in [1.82, 2.24) is 4.90 Å². The minimum Gasteiger partial charge on any atom is -0.379 e. The quantitative estimate of drug-likeness (QED) is 0.399. The third-order valence-electron chi connectivity index (χ3n) is 4.56. The van der Waals surface area contributed by atoms with Crippen molar-refractivity contribution >= 4 is 37.8 Å². The zero-order valence-corrected chi connectivity index (χ0v) is 19.9. The number of hydrogen-bond acceptors (Lipinski definition) is 4. The standard InChI is InChI=1S/C23H22BrFN2O4S/c1-16(2)27(23(28)26-22-9-4-3-8-21(22)24)15-17-6-5-7-19(14-17)31-32(29,30)20-12-10-18(25)11-13-20/h3-14,16H,15H2,1-2H3,(H,26,28). The SMILES string of the molecule is CC(C)N(Cc1cccc(OS(=O)(=O)c2ccc(F)cc2)c1)C(=O)Nc1ccccc1Br. The van der Waals surface area contributed by atoms with Gasteiger partial charge in [0.1, 0.15) is 16.5 Å². The third-order valence-corrected chi connectivity index (χ3v) is 6.51. The number of amides is 2. The molecule has 0 aliphatic heterocycles. The maximum atomic E-state index is 13.1. The van der Waals surface area contributed by atoms with Gasteiger partial charge < -0.3 is 14.4 Å². The Morgan fingerprint density at radius 3 is 2.41 bits per heavy atom. The number of carbonyl (C=O) groups excluding carboxylic acids is 1. The molecule has 3 aromatic rings. The van der Waals surface area contributed by atoms with Crippen LogP contribution in [0.4, 0.5) is 14.9 Å². The molecule has 0 radical (unpaired) electrons. The average molecular weight is 521 g/mol. The molecule has 168 valence electrons. The van der Waals surface area contributed by atoms with E-state index in [1.807, 2.05) is 32.0 Å². The van der Waals surface area contributed by atoms with Crippen molar-refractivity contribution in [2.45, 2.75) is 31.3 Å². The Morgan fingerprint density at radius 2 is 1.75 bits per heavy atom. The van der Waals surface area contributed by atoms with Crippen molar-refractivity contribution < 1.29 is 21.8 Å². The van der Waals surface area contributed by atoms with Gasteiger partial charge >= 0.3 is 16.1 Å². The van der Waals surface area contributed by atoms with Crippen LogP contribution in [0.5, 0.6) is 5.75 Å². The number of halogens is 2. The number of benzene rings is 3. The highest BCUT2D eigenvalue weighted by atomic mass is 79.9. The zero-order valence-electron chi connectivity index (χ0n) is 17.5. The Morgan fingerprint density at radius 1 is 1.06 bits per heavy atom. The van der Waals surface area contributed by atoms with Gasteiger partial charge in [0.25, 0.3) is 0 Å². The Kier molecular flexibility index (Phi) is 7.52. The Bertz CT molecular complexity index is 1200. The van der Waals surface area contributed by atoms with E-state index < -0.39 is 15.9 Å². The molecule has 0 saturated carbocycles. The molecule has 0 atom stereocenters. The Balaban J connectivity index is 1.76. The normalized spacial score (nSPS) is 11.3. The number of anilines is 1. The lowest BCUT2D eigenvalue weighted by Gasteiger charge is -2.27. The van der Waals surface area contributed by atoms with E-state index in [1.54, 1.807) is 29.2 Å². The van der Waals surface area contributed by atoms with Crippen LogP contribution < -0.4 is 9.50 Å². The maximum Gasteiger partial charge on any atom is 0.339 e. The lowest BCUT2D eigenvalue weighted by molar-refractivity contribution is 0.193. The second kappa shape index (κ2) is 10.1. The van der Waals surface area contributed by atoms with Crippen molar-refractivity contribution in [2.24, 2.45) is 0 Å². The molecule has 9 heteroatoms. The molecular formula is C23H22BrFN2O4S. The van der Waals surface area contributed by atoms with Crippen molar-refractivity contribution in [3.63, 3.8) is 0 Å². The van der Waals surface area contributed by atoms with Crippen LogP contribution in [0.3, 0.4) is 0 Å². The first-order chi connectivity index (χ1) is 15.2. The van der Waals surface area contributed by atoms with Crippen LogP contribution in [0, 0.1) is 5.82 Å². The van der Waals surface area contributed by atoms with Crippen LogP contribution in [-0.2, 0) is 16.7 Å². The first kappa shape index (κ1) is 23.7. The highest BCUT2D eigenvalue weighted by Crippen LogP contribution is 2.24. The van der Waals surface area contributed by atoms with E-state index in [4.69, 9.17) is 4.18 Å². The second-order valence-electron chi connectivity index (χ2n) is 7.27. The molecule has 0 aromatic heterocycles. The number of urea groups is 1. The molecule has 0 aliphatic rings. The molecule has 0 fully saturated rings. The predicted molar refractivity (Wildman–Crippen MR) is 124 cm³/mol. The van der Waals surface area contributed by atoms with E-state index >= 15 is 0 Å². The van der Waals surface area contributed by atoms with E-state index in [0.717, 1.165) is 28.7 Å². The topological polar surface area (TPSA) is 75.7 Å². The van der Waals surface area contributed by atoms with Crippen LogP contribution >= 0.6 is 15.9 Å². The zero-order chi connectivity index (χ0) is 23.3. The first-order valence-electron chi connectivity index (χ1n) is 9.77. The van der Waals surface area contributed by atoms with Gasteiger partial charge in [-0.2, -0.15) is 8.42 Å². The summed E-state index contributed by atoms with van der Waals surface area (Å²) in [5, 5.41) is 2.87. The van der Waals surface area contributed by atoms with Gasteiger partial charge in [-0.3, -0.25) is 0 Å². The van der Waals surface area contributed by atoms with Gasteiger partial charge in [-0.15, -0.1) is 0 Å². The van der Waals surface area contributed by atoms with Crippen LogP contribution in [-0.4, -0.2) is 25.4 Å². The summed E-state index contributed by atoms with van der Waals surface area (Å²) in [6, 6.07) is 17.7. The minimum absolute atomic E-state index is 0.0988. The van der Waals surface area contributed by atoms with E-state index in [0.29, 0.717) is 11.3 Å². The van der Waals surface area contributed by atoms with Crippen molar-refractivity contribution in [1.29, 1.82) is 0 Å². The number of nitrogens with one attached hydrogen (secondary N) is 1. The van der Waals surface area contributed by atoms with E-state index in [1.165, 1.54) is 6.07 Å². The van der Waals surface area contributed by atoms with Gasteiger partial charge in [0, 0.05) is 17.1 Å². The molecule has 3 aromatic carbocycles. The molecule has 0 bridgehead atoms. The lowest BCUT2D eigenvalue weighted by atomic mass is 10.2. The van der Waals surface area contributed by atoms with Gasteiger partial charge in [-0.05, 0) is 83.9 Å². The Labute approximate surface area is 195 Å². The molecule has 6 nitrogen and oxygen atoms in total. The van der Waals surface area contributed by atoms with E-state index in [9.17, 15) is 17.6 Å². The number of para-hydroxylation sites is 1. The summed E-state index contributed by atoms with van der Waals surface area (Å²) in [5.74, 6) is -0.442. The van der Waals surface area contributed by atoms with E-state index in [-0.39, 0.29) is 29.3 Å². The molecule has 0 saturated heterocycles. The summed E-state index contributed by atoms with van der Waals surface area (Å²) in [4.78, 5) is 14.3. The molecule has 0 unspecified atom stereocenters. The number of carbonyl (C=O) groups is 1. The summed E-state index contributed by atoms with van der Waals surface area (Å²) in [6.07, 6.45) is 0. The molecule has 32 heavy (non-hydrogen) atoms. The fourth-order valence-corrected chi connectivity index (χ4v) is 4.21. The fraction of sp³-hybridized carbons (Fsp3) is 0.174. The van der Waals surface area contributed by atoms with Gasteiger partial charge in [0.15, 0.2) is 0 Å². The Hall–Kier alpha value is -2.91. The molecule has 2 amide bonds. The number of rotatable bonds is 7. The predicted octanol–water partition coefficient (Wildman–Crippen LogP) is 5.80. The average Bonchev–Trinajstić information content (AvgIpc) is 2.73. The summed E-state index contributed by atoms with van der Waals surface area (Å²) in [7, 11) is -4.12. The summed E-state index contributed by atoms with van der Waals surface area (Å²) < 4.78 is 44.0. The summed E-state index contributed by atoms with van der Waals surface area (Å²) in [5.41, 5.74) is 1.33. The van der Waals surface area contributed by atoms with Gasteiger partial charge in [0.2, 0.25) is 0 Å². The monoisotopic (exact) mass is 520 g/mol. The third kappa shape index (κ3) is 6.08. The molecule has 1 N–H and O–H groups in total.